The number of imidazole rings is 1. The first-order valence-corrected chi connectivity index (χ1v) is 7.34. The lowest BCUT2D eigenvalue weighted by molar-refractivity contribution is 0.0687. The van der Waals surface area contributed by atoms with E-state index in [1.165, 1.54) is 5.69 Å². The normalized spacial score (nSPS) is 16.4. The molecular weight excluding hydrogens is 266 g/mol. The first kappa shape index (κ1) is 13.9. The van der Waals surface area contributed by atoms with Gasteiger partial charge in [-0.25, -0.2) is 4.98 Å². The van der Waals surface area contributed by atoms with Gasteiger partial charge in [-0.05, 0) is 32.8 Å². The number of piperidine rings is 1. The van der Waals surface area contributed by atoms with Crippen LogP contribution in [0.4, 0.5) is 0 Å². The van der Waals surface area contributed by atoms with Gasteiger partial charge in [0.15, 0.2) is 5.69 Å². The molecule has 3 heterocycles. The molecule has 3 rings (SSSR count). The van der Waals surface area contributed by atoms with Gasteiger partial charge in [0.2, 0.25) is 0 Å². The number of nitrogens with zero attached hydrogens (tertiary/aromatic N) is 5. The number of rotatable bonds is 2. The second-order valence-corrected chi connectivity index (χ2v) is 5.76. The smallest absolute Gasteiger partial charge is 0.274 e. The highest BCUT2D eigenvalue weighted by molar-refractivity contribution is 5.92. The van der Waals surface area contributed by atoms with E-state index in [1.54, 1.807) is 4.68 Å². The van der Waals surface area contributed by atoms with Gasteiger partial charge in [0.25, 0.3) is 5.91 Å². The second kappa shape index (κ2) is 5.35. The Morgan fingerprint density at radius 1 is 1.24 bits per heavy atom. The lowest BCUT2D eigenvalue weighted by Gasteiger charge is -2.32. The number of likely N-dealkylation sites (tertiary alicyclic amines) is 1. The van der Waals surface area contributed by atoms with E-state index in [-0.39, 0.29) is 5.91 Å². The van der Waals surface area contributed by atoms with Gasteiger partial charge in [0.1, 0.15) is 0 Å². The minimum Gasteiger partial charge on any atom is -0.337 e. The lowest BCUT2D eigenvalue weighted by atomic mass is 10.0. The standard InChI is InChI=1S/C15H21N5O/c1-11-8-14(17-18(11)3)15(21)19-6-4-13(5-7-19)20-10-16-9-12(20)2/h8-10,13H,4-7H2,1-3H3. The number of aryl methyl sites for hydroxylation is 3. The highest BCUT2D eigenvalue weighted by atomic mass is 16.2. The zero-order chi connectivity index (χ0) is 15.0. The monoisotopic (exact) mass is 287 g/mol. The maximum atomic E-state index is 12.5. The van der Waals surface area contributed by atoms with Gasteiger partial charge in [-0.15, -0.1) is 0 Å². The Bertz CT molecular complexity index is 629. The van der Waals surface area contributed by atoms with Gasteiger partial charge >= 0.3 is 0 Å². The number of aromatic nitrogens is 4. The van der Waals surface area contributed by atoms with E-state index < -0.39 is 0 Å². The molecule has 0 aromatic carbocycles. The van der Waals surface area contributed by atoms with Crippen LogP contribution in [0.3, 0.4) is 0 Å². The number of carbonyl (C=O) groups is 1. The third-order valence-electron chi connectivity index (χ3n) is 4.34. The van der Waals surface area contributed by atoms with Crippen LogP contribution in [0.2, 0.25) is 0 Å². The van der Waals surface area contributed by atoms with E-state index in [4.69, 9.17) is 0 Å². The average molecular weight is 287 g/mol. The molecule has 0 unspecified atom stereocenters. The molecular formula is C15H21N5O. The molecule has 6 heteroatoms. The van der Waals surface area contributed by atoms with E-state index in [0.717, 1.165) is 31.6 Å². The predicted molar refractivity (Wildman–Crippen MR) is 79.1 cm³/mol. The molecule has 0 bridgehead atoms. The van der Waals surface area contributed by atoms with E-state index in [2.05, 4.69) is 21.6 Å². The van der Waals surface area contributed by atoms with Crippen molar-refractivity contribution in [3.8, 4) is 0 Å². The summed E-state index contributed by atoms with van der Waals surface area (Å²) in [6, 6.07) is 2.30. The van der Waals surface area contributed by atoms with E-state index in [9.17, 15) is 4.79 Å². The first-order valence-electron chi connectivity index (χ1n) is 7.34. The predicted octanol–water partition coefficient (Wildman–Crippen LogP) is 1.71. The molecule has 0 N–H and O–H groups in total. The molecule has 0 radical (unpaired) electrons. The Labute approximate surface area is 124 Å². The summed E-state index contributed by atoms with van der Waals surface area (Å²) in [5, 5.41) is 4.28. The van der Waals surface area contributed by atoms with Crippen LogP contribution in [-0.2, 0) is 7.05 Å². The molecule has 1 aliphatic heterocycles. The quantitative estimate of drug-likeness (QED) is 0.845. The molecule has 1 aliphatic rings. The zero-order valence-electron chi connectivity index (χ0n) is 12.8. The van der Waals surface area contributed by atoms with Crippen LogP contribution >= 0.6 is 0 Å². The largest absolute Gasteiger partial charge is 0.337 e. The third kappa shape index (κ3) is 2.57. The highest BCUT2D eigenvalue weighted by Crippen LogP contribution is 2.24. The zero-order valence-corrected chi connectivity index (χ0v) is 12.8. The Balaban J connectivity index is 1.66. The molecule has 1 saturated heterocycles. The summed E-state index contributed by atoms with van der Waals surface area (Å²) >= 11 is 0. The van der Waals surface area contributed by atoms with Crippen molar-refractivity contribution in [1.82, 2.24) is 24.2 Å². The van der Waals surface area contributed by atoms with Crippen molar-refractivity contribution in [2.24, 2.45) is 7.05 Å². The molecule has 1 fully saturated rings. The SMILES string of the molecule is Cc1cncn1C1CCN(C(=O)c2cc(C)n(C)n2)CC1. The van der Waals surface area contributed by atoms with Crippen molar-refractivity contribution in [2.45, 2.75) is 32.7 Å². The fraction of sp³-hybridized carbons (Fsp3) is 0.533. The fourth-order valence-corrected chi connectivity index (χ4v) is 2.93. The van der Waals surface area contributed by atoms with Gasteiger partial charge in [-0.2, -0.15) is 5.10 Å². The summed E-state index contributed by atoms with van der Waals surface area (Å²) in [4.78, 5) is 18.5. The molecule has 21 heavy (non-hydrogen) atoms. The van der Waals surface area contributed by atoms with E-state index in [1.807, 2.05) is 37.5 Å². The Hall–Kier alpha value is -2.11. The summed E-state index contributed by atoms with van der Waals surface area (Å²) in [5.41, 5.74) is 2.73. The molecule has 0 saturated carbocycles. The average Bonchev–Trinajstić information content (AvgIpc) is 3.05. The molecule has 1 amide bonds. The Kier molecular flexibility index (Phi) is 3.53. The van der Waals surface area contributed by atoms with Crippen molar-refractivity contribution in [3.63, 3.8) is 0 Å². The van der Waals surface area contributed by atoms with Gasteiger partial charge in [-0.3, -0.25) is 9.48 Å². The Morgan fingerprint density at radius 3 is 2.48 bits per heavy atom. The molecule has 6 nitrogen and oxygen atoms in total. The van der Waals surface area contributed by atoms with Crippen LogP contribution in [0.25, 0.3) is 0 Å². The fourth-order valence-electron chi connectivity index (χ4n) is 2.93. The highest BCUT2D eigenvalue weighted by Gasteiger charge is 2.26. The summed E-state index contributed by atoms with van der Waals surface area (Å²) in [6.45, 7) is 5.58. The summed E-state index contributed by atoms with van der Waals surface area (Å²) < 4.78 is 3.96. The lowest BCUT2D eigenvalue weighted by Crippen LogP contribution is -2.39. The number of hydrogen-bond acceptors (Lipinski definition) is 3. The van der Waals surface area contributed by atoms with Crippen molar-refractivity contribution in [2.75, 3.05) is 13.1 Å². The third-order valence-corrected chi connectivity index (χ3v) is 4.34. The van der Waals surface area contributed by atoms with Crippen molar-refractivity contribution >= 4 is 5.91 Å². The minimum absolute atomic E-state index is 0.0412. The summed E-state index contributed by atoms with van der Waals surface area (Å²) in [6.07, 6.45) is 5.71. The first-order chi connectivity index (χ1) is 10.1. The maximum Gasteiger partial charge on any atom is 0.274 e. The number of amides is 1. The van der Waals surface area contributed by atoms with Crippen LogP contribution in [0, 0.1) is 13.8 Å². The van der Waals surface area contributed by atoms with Crippen LogP contribution < -0.4 is 0 Å². The van der Waals surface area contributed by atoms with E-state index >= 15 is 0 Å². The summed E-state index contributed by atoms with van der Waals surface area (Å²) in [5.74, 6) is 0.0412. The van der Waals surface area contributed by atoms with Gasteiger partial charge < -0.3 is 9.47 Å². The van der Waals surface area contributed by atoms with Crippen LogP contribution in [0.1, 0.15) is 40.8 Å². The van der Waals surface area contributed by atoms with Crippen LogP contribution in [-0.4, -0.2) is 43.2 Å². The second-order valence-electron chi connectivity index (χ2n) is 5.76. The van der Waals surface area contributed by atoms with Gasteiger partial charge in [0, 0.05) is 43.8 Å². The minimum atomic E-state index is 0.0412. The van der Waals surface area contributed by atoms with E-state index in [0.29, 0.717) is 11.7 Å². The van der Waals surface area contributed by atoms with Crippen LogP contribution in [0.15, 0.2) is 18.6 Å². The maximum absolute atomic E-state index is 12.5. The van der Waals surface area contributed by atoms with Crippen LogP contribution in [0.5, 0.6) is 0 Å². The molecule has 0 spiro atoms. The van der Waals surface area contributed by atoms with Gasteiger partial charge in [0.05, 0.1) is 6.33 Å². The Morgan fingerprint density at radius 2 is 1.95 bits per heavy atom. The topological polar surface area (TPSA) is 56.0 Å². The molecule has 0 aliphatic carbocycles. The number of hydrogen-bond donors (Lipinski definition) is 0. The summed E-state index contributed by atoms with van der Waals surface area (Å²) in [7, 11) is 1.86. The van der Waals surface area contributed by atoms with Crippen molar-refractivity contribution in [3.05, 3.63) is 35.7 Å². The molecule has 0 atom stereocenters. The molecule has 2 aromatic heterocycles. The molecule has 2 aromatic rings. The number of carbonyl (C=O) groups excluding carboxylic acids is 1. The van der Waals surface area contributed by atoms with Crippen molar-refractivity contribution < 1.29 is 4.79 Å². The van der Waals surface area contributed by atoms with Crippen molar-refractivity contribution in [1.29, 1.82) is 0 Å². The molecule has 112 valence electrons. The van der Waals surface area contributed by atoms with Gasteiger partial charge in [-0.1, -0.05) is 0 Å².